The molecule has 0 unspecified atom stereocenters. The van der Waals surface area contributed by atoms with Crippen molar-refractivity contribution >= 4 is 11.7 Å². The first-order chi connectivity index (χ1) is 14.0. The Balaban J connectivity index is 1.31. The van der Waals surface area contributed by atoms with Gasteiger partial charge in [-0.05, 0) is 46.0 Å². The summed E-state index contributed by atoms with van der Waals surface area (Å²) in [5, 5.41) is 22.3. The summed E-state index contributed by atoms with van der Waals surface area (Å²) in [4.78, 5) is 12.2. The van der Waals surface area contributed by atoms with Crippen molar-refractivity contribution in [1.82, 2.24) is 30.1 Å². The first-order valence-corrected chi connectivity index (χ1v) is 10.1. The quantitative estimate of drug-likeness (QED) is 0.633. The van der Waals surface area contributed by atoms with Gasteiger partial charge in [-0.2, -0.15) is 5.10 Å². The van der Waals surface area contributed by atoms with Crippen LogP contribution in [-0.2, 0) is 17.6 Å². The van der Waals surface area contributed by atoms with E-state index in [0.29, 0.717) is 29.5 Å². The van der Waals surface area contributed by atoms with Gasteiger partial charge in [0.1, 0.15) is 17.9 Å². The van der Waals surface area contributed by atoms with Crippen LogP contribution in [0.1, 0.15) is 68.0 Å². The standard InChI is InChI=1S/C20H27N7O2/c1-12(2)27-11-21-25-19(27)8-14-4-5-15(7-14)17-10-18(24-23-17)22-20(28)9-16-6-13(3)26-29-16/h6,10-12,14-15H,4-5,7-9H2,1-3H3,(H2,22,23,24,28)/t14-,15-/m0/s1. The van der Waals surface area contributed by atoms with Crippen molar-refractivity contribution in [2.45, 2.75) is 64.8 Å². The molecule has 0 aliphatic heterocycles. The molecular weight excluding hydrogens is 370 g/mol. The van der Waals surface area contributed by atoms with Crippen molar-refractivity contribution in [2.24, 2.45) is 5.92 Å². The minimum Gasteiger partial charge on any atom is -0.361 e. The number of hydrogen-bond acceptors (Lipinski definition) is 6. The molecule has 3 aromatic heterocycles. The summed E-state index contributed by atoms with van der Waals surface area (Å²) in [6.45, 7) is 6.12. The lowest BCUT2D eigenvalue weighted by molar-refractivity contribution is -0.115. The summed E-state index contributed by atoms with van der Waals surface area (Å²) in [5.74, 6) is 2.98. The van der Waals surface area contributed by atoms with E-state index in [2.05, 4.69) is 49.3 Å². The van der Waals surface area contributed by atoms with E-state index >= 15 is 0 Å². The molecule has 2 N–H and O–H groups in total. The number of amides is 1. The minimum atomic E-state index is -0.170. The van der Waals surface area contributed by atoms with Crippen molar-refractivity contribution < 1.29 is 9.32 Å². The Hall–Kier alpha value is -2.97. The Morgan fingerprint density at radius 3 is 3.00 bits per heavy atom. The van der Waals surface area contributed by atoms with Gasteiger partial charge in [0, 0.05) is 36.2 Å². The molecule has 4 rings (SSSR count). The van der Waals surface area contributed by atoms with E-state index < -0.39 is 0 Å². The molecule has 0 aromatic carbocycles. The molecule has 1 aliphatic carbocycles. The van der Waals surface area contributed by atoms with E-state index in [9.17, 15) is 4.79 Å². The molecule has 0 bridgehead atoms. The highest BCUT2D eigenvalue weighted by molar-refractivity contribution is 5.91. The van der Waals surface area contributed by atoms with Crippen LogP contribution in [0.5, 0.6) is 0 Å². The second-order valence-corrected chi connectivity index (χ2v) is 8.20. The van der Waals surface area contributed by atoms with Gasteiger partial charge in [0.15, 0.2) is 5.82 Å². The van der Waals surface area contributed by atoms with E-state index in [4.69, 9.17) is 4.52 Å². The highest BCUT2D eigenvalue weighted by atomic mass is 16.5. The van der Waals surface area contributed by atoms with E-state index in [0.717, 1.165) is 42.9 Å². The van der Waals surface area contributed by atoms with E-state index in [1.165, 1.54) is 0 Å². The van der Waals surface area contributed by atoms with Crippen molar-refractivity contribution in [3.05, 3.63) is 41.4 Å². The number of aromatic amines is 1. The fourth-order valence-corrected chi connectivity index (χ4v) is 4.10. The molecule has 0 spiro atoms. The molecule has 0 radical (unpaired) electrons. The molecule has 1 fully saturated rings. The van der Waals surface area contributed by atoms with Crippen LogP contribution in [0, 0.1) is 12.8 Å². The molecule has 154 valence electrons. The Labute approximate surface area is 169 Å². The van der Waals surface area contributed by atoms with E-state index in [1.54, 1.807) is 6.07 Å². The van der Waals surface area contributed by atoms with E-state index in [1.807, 2.05) is 19.3 Å². The minimum absolute atomic E-state index is 0.144. The Morgan fingerprint density at radius 2 is 2.24 bits per heavy atom. The van der Waals surface area contributed by atoms with Crippen molar-refractivity contribution in [1.29, 1.82) is 0 Å². The van der Waals surface area contributed by atoms with E-state index in [-0.39, 0.29) is 12.3 Å². The molecule has 2 atom stereocenters. The smallest absolute Gasteiger partial charge is 0.233 e. The third-order valence-corrected chi connectivity index (χ3v) is 5.53. The molecule has 1 saturated carbocycles. The SMILES string of the molecule is Cc1cc(CC(=O)Nc2cc([C@H]3CC[C@H](Cc4nncn4C(C)C)C3)[nH]n2)on1. The van der Waals surface area contributed by atoms with Gasteiger partial charge in [0.05, 0.1) is 12.1 Å². The molecule has 3 heterocycles. The van der Waals surface area contributed by atoms with Crippen LogP contribution in [0.15, 0.2) is 23.0 Å². The van der Waals surface area contributed by atoms with Crippen molar-refractivity contribution in [3.63, 3.8) is 0 Å². The maximum absolute atomic E-state index is 12.2. The van der Waals surface area contributed by atoms with Gasteiger partial charge in [0.2, 0.25) is 5.91 Å². The summed E-state index contributed by atoms with van der Waals surface area (Å²) < 4.78 is 7.23. The molecular formula is C20H27N7O2. The van der Waals surface area contributed by atoms with Crippen LogP contribution in [0.3, 0.4) is 0 Å². The van der Waals surface area contributed by atoms with Gasteiger partial charge in [-0.15, -0.1) is 10.2 Å². The first kappa shape index (κ1) is 19.4. The first-order valence-electron chi connectivity index (χ1n) is 10.1. The maximum atomic E-state index is 12.2. The topological polar surface area (TPSA) is 115 Å². The largest absolute Gasteiger partial charge is 0.361 e. The molecule has 1 amide bonds. The number of rotatable bonds is 7. The molecule has 9 nitrogen and oxygen atoms in total. The number of nitrogens with zero attached hydrogens (tertiary/aromatic N) is 5. The molecule has 29 heavy (non-hydrogen) atoms. The fraction of sp³-hybridized carbons (Fsp3) is 0.550. The number of aromatic nitrogens is 6. The van der Waals surface area contributed by atoms with Gasteiger partial charge in [-0.1, -0.05) is 5.16 Å². The normalized spacial score (nSPS) is 19.2. The fourth-order valence-electron chi connectivity index (χ4n) is 4.10. The number of hydrogen-bond donors (Lipinski definition) is 2. The Morgan fingerprint density at radius 1 is 1.38 bits per heavy atom. The Kier molecular flexibility index (Phi) is 5.46. The second kappa shape index (κ2) is 8.18. The number of H-pyrrole nitrogens is 1. The molecule has 9 heteroatoms. The molecule has 0 saturated heterocycles. The zero-order valence-electron chi connectivity index (χ0n) is 17.1. The zero-order chi connectivity index (χ0) is 20.4. The van der Waals surface area contributed by atoms with Gasteiger partial charge in [-0.25, -0.2) is 0 Å². The van der Waals surface area contributed by atoms with Crippen molar-refractivity contribution in [3.8, 4) is 0 Å². The predicted octanol–water partition coefficient (Wildman–Crippen LogP) is 3.19. The monoisotopic (exact) mass is 397 g/mol. The van der Waals surface area contributed by atoms with Crippen LogP contribution >= 0.6 is 0 Å². The average Bonchev–Trinajstić information content (AvgIpc) is 3.43. The highest BCUT2D eigenvalue weighted by Crippen LogP contribution is 2.39. The highest BCUT2D eigenvalue weighted by Gasteiger charge is 2.29. The zero-order valence-corrected chi connectivity index (χ0v) is 17.1. The lowest BCUT2D eigenvalue weighted by Gasteiger charge is -2.13. The summed E-state index contributed by atoms with van der Waals surface area (Å²) in [7, 11) is 0. The second-order valence-electron chi connectivity index (χ2n) is 8.20. The molecule has 3 aromatic rings. The summed E-state index contributed by atoms with van der Waals surface area (Å²) in [6, 6.07) is 4.07. The number of nitrogens with one attached hydrogen (secondary N) is 2. The van der Waals surface area contributed by atoms with Crippen molar-refractivity contribution in [2.75, 3.05) is 5.32 Å². The number of aryl methyl sites for hydroxylation is 1. The number of carbonyl (C=O) groups is 1. The number of anilines is 1. The molecule has 1 aliphatic rings. The summed E-state index contributed by atoms with van der Waals surface area (Å²) >= 11 is 0. The van der Waals surface area contributed by atoms with Crippen LogP contribution in [0.25, 0.3) is 0 Å². The van der Waals surface area contributed by atoms with Crippen LogP contribution in [-0.4, -0.2) is 36.0 Å². The Bertz CT molecular complexity index is 971. The van der Waals surface area contributed by atoms with Gasteiger partial charge < -0.3 is 14.4 Å². The number of carbonyl (C=O) groups excluding carboxylic acids is 1. The van der Waals surface area contributed by atoms with Crippen LogP contribution in [0.2, 0.25) is 0 Å². The van der Waals surface area contributed by atoms with Gasteiger partial charge >= 0.3 is 0 Å². The van der Waals surface area contributed by atoms with Gasteiger partial charge in [0.25, 0.3) is 0 Å². The third-order valence-electron chi connectivity index (χ3n) is 5.53. The third kappa shape index (κ3) is 4.55. The van der Waals surface area contributed by atoms with Crippen LogP contribution in [0.4, 0.5) is 5.82 Å². The predicted molar refractivity (Wildman–Crippen MR) is 106 cm³/mol. The lowest BCUT2D eigenvalue weighted by atomic mass is 9.99. The van der Waals surface area contributed by atoms with Crippen LogP contribution < -0.4 is 5.32 Å². The average molecular weight is 397 g/mol. The lowest BCUT2D eigenvalue weighted by Crippen LogP contribution is -2.14. The maximum Gasteiger partial charge on any atom is 0.233 e. The summed E-state index contributed by atoms with van der Waals surface area (Å²) in [6.07, 6.45) is 6.25. The summed E-state index contributed by atoms with van der Waals surface area (Å²) in [5.41, 5.74) is 1.83. The van der Waals surface area contributed by atoms with Gasteiger partial charge in [-0.3, -0.25) is 9.89 Å².